The van der Waals surface area contributed by atoms with E-state index in [1.54, 1.807) is 29.3 Å². The zero-order chi connectivity index (χ0) is 17.6. The number of nitrogen functional groups attached to an aromatic ring is 1. The molecule has 1 aliphatic rings. The molecule has 1 fully saturated rings. The number of carbonyl (C=O) groups excluding carboxylic acids is 1. The van der Waals surface area contributed by atoms with Gasteiger partial charge in [-0.3, -0.25) is 4.79 Å². The Bertz CT molecular complexity index is 738. The summed E-state index contributed by atoms with van der Waals surface area (Å²) in [5.41, 5.74) is 7.22. The maximum Gasteiger partial charge on any atom is 0.227 e. The third kappa shape index (κ3) is 4.76. The van der Waals surface area contributed by atoms with Crippen molar-refractivity contribution in [1.29, 1.82) is 0 Å². The van der Waals surface area contributed by atoms with Crippen LogP contribution in [0.5, 0.6) is 0 Å². The number of halogens is 1. The van der Waals surface area contributed by atoms with Crippen LogP contribution in [0, 0.1) is 5.82 Å². The number of morpholine rings is 1. The summed E-state index contributed by atoms with van der Waals surface area (Å²) in [6, 6.07) is 10.2. The molecule has 1 atom stereocenters. The smallest absolute Gasteiger partial charge is 0.227 e. The van der Waals surface area contributed by atoms with Crippen LogP contribution in [0.15, 0.2) is 42.6 Å². The molecule has 0 radical (unpaired) electrons. The molecule has 2 N–H and O–H groups in total. The first-order valence-electron chi connectivity index (χ1n) is 8.45. The molecule has 1 amide bonds. The van der Waals surface area contributed by atoms with E-state index in [2.05, 4.69) is 4.98 Å². The maximum absolute atomic E-state index is 13.7. The van der Waals surface area contributed by atoms with E-state index < -0.39 is 0 Å². The van der Waals surface area contributed by atoms with E-state index in [4.69, 9.17) is 10.5 Å². The highest BCUT2D eigenvalue weighted by atomic mass is 19.1. The molecule has 0 aliphatic carbocycles. The average molecular weight is 343 g/mol. The number of ether oxygens (including phenoxy) is 1. The first kappa shape index (κ1) is 17.4. The van der Waals surface area contributed by atoms with Gasteiger partial charge in [0.15, 0.2) is 0 Å². The molecule has 25 heavy (non-hydrogen) atoms. The van der Waals surface area contributed by atoms with Gasteiger partial charge < -0.3 is 15.4 Å². The quantitative estimate of drug-likeness (QED) is 0.904. The van der Waals surface area contributed by atoms with Crippen LogP contribution in [0.25, 0.3) is 0 Å². The summed E-state index contributed by atoms with van der Waals surface area (Å²) in [4.78, 5) is 18.2. The number of nitrogens with two attached hydrogens (primary N) is 1. The predicted octanol–water partition coefficient (Wildman–Crippen LogP) is 2.21. The van der Waals surface area contributed by atoms with Gasteiger partial charge in [0.1, 0.15) is 11.6 Å². The van der Waals surface area contributed by atoms with Gasteiger partial charge in [0.25, 0.3) is 0 Å². The Morgan fingerprint density at radius 1 is 1.36 bits per heavy atom. The van der Waals surface area contributed by atoms with Gasteiger partial charge in [-0.05, 0) is 42.2 Å². The lowest BCUT2D eigenvalue weighted by atomic mass is 10.1. The van der Waals surface area contributed by atoms with Crippen LogP contribution >= 0.6 is 0 Å². The van der Waals surface area contributed by atoms with E-state index in [9.17, 15) is 9.18 Å². The van der Waals surface area contributed by atoms with E-state index in [1.165, 1.54) is 6.07 Å². The predicted molar refractivity (Wildman–Crippen MR) is 93.4 cm³/mol. The molecule has 0 bridgehead atoms. The molecule has 3 rings (SSSR count). The summed E-state index contributed by atoms with van der Waals surface area (Å²) in [7, 11) is 0. The molecular weight excluding hydrogens is 321 g/mol. The Kier molecular flexibility index (Phi) is 5.60. The molecular formula is C19H22FN3O2. The maximum atomic E-state index is 13.7. The van der Waals surface area contributed by atoms with Gasteiger partial charge in [0, 0.05) is 19.3 Å². The first-order chi connectivity index (χ1) is 12.1. The van der Waals surface area contributed by atoms with Gasteiger partial charge in [0.2, 0.25) is 5.91 Å². The Balaban J connectivity index is 1.53. The van der Waals surface area contributed by atoms with E-state index in [0.29, 0.717) is 31.1 Å². The van der Waals surface area contributed by atoms with E-state index in [-0.39, 0.29) is 24.2 Å². The van der Waals surface area contributed by atoms with Crippen LogP contribution in [0.1, 0.15) is 17.5 Å². The zero-order valence-corrected chi connectivity index (χ0v) is 14.0. The number of aromatic nitrogens is 1. The molecule has 1 aliphatic heterocycles. The van der Waals surface area contributed by atoms with Crippen molar-refractivity contribution in [3.8, 4) is 0 Å². The monoisotopic (exact) mass is 343 g/mol. The van der Waals surface area contributed by atoms with Crippen LogP contribution in [-0.2, 0) is 22.4 Å². The summed E-state index contributed by atoms with van der Waals surface area (Å²) >= 11 is 0. The minimum Gasteiger partial charge on any atom is -0.384 e. The van der Waals surface area contributed by atoms with E-state index >= 15 is 0 Å². The number of anilines is 1. The fourth-order valence-corrected chi connectivity index (χ4v) is 3.01. The molecule has 1 aromatic carbocycles. The van der Waals surface area contributed by atoms with Crippen molar-refractivity contribution < 1.29 is 13.9 Å². The van der Waals surface area contributed by atoms with Gasteiger partial charge in [-0.15, -0.1) is 0 Å². The number of benzene rings is 1. The molecule has 2 aromatic rings. The van der Waals surface area contributed by atoms with Gasteiger partial charge in [-0.2, -0.15) is 0 Å². The molecule has 0 spiro atoms. The highest BCUT2D eigenvalue weighted by Gasteiger charge is 2.24. The second-order valence-corrected chi connectivity index (χ2v) is 6.23. The number of rotatable bonds is 5. The van der Waals surface area contributed by atoms with Gasteiger partial charge in [-0.1, -0.05) is 18.2 Å². The lowest BCUT2D eigenvalue weighted by Gasteiger charge is -2.33. The third-order valence-corrected chi connectivity index (χ3v) is 4.39. The molecule has 1 saturated heterocycles. The Morgan fingerprint density at radius 2 is 2.20 bits per heavy atom. The largest absolute Gasteiger partial charge is 0.384 e. The second-order valence-electron chi connectivity index (χ2n) is 6.23. The highest BCUT2D eigenvalue weighted by Crippen LogP contribution is 2.15. The Morgan fingerprint density at radius 3 is 3.00 bits per heavy atom. The van der Waals surface area contributed by atoms with Crippen molar-refractivity contribution in [2.24, 2.45) is 0 Å². The van der Waals surface area contributed by atoms with Gasteiger partial charge in [-0.25, -0.2) is 9.37 Å². The number of nitrogens with zero attached hydrogens (tertiary/aromatic N) is 2. The molecule has 6 heteroatoms. The summed E-state index contributed by atoms with van der Waals surface area (Å²) in [5.74, 6) is 0.103. The second kappa shape index (κ2) is 8.07. The van der Waals surface area contributed by atoms with Crippen LogP contribution in [0.2, 0.25) is 0 Å². The van der Waals surface area contributed by atoms with Crippen molar-refractivity contribution in [3.05, 3.63) is 59.5 Å². The zero-order valence-electron chi connectivity index (χ0n) is 14.0. The fourth-order valence-electron chi connectivity index (χ4n) is 3.01. The molecule has 0 saturated carbocycles. The first-order valence-corrected chi connectivity index (χ1v) is 8.45. The van der Waals surface area contributed by atoms with Crippen LogP contribution in [0.4, 0.5) is 10.2 Å². The normalized spacial score (nSPS) is 17.5. The van der Waals surface area contributed by atoms with Crippen molar-refractivity contribution in [1.82, 2.24) is 9.88 Å². The number of pyridine rings is 1. The standard InChI is InChI=1S/C19H22FN3O2/c20-17-4-2-1-3-15(17)12-19(24)23-9-10-25-16(13-23)6-5-14-7-8-22-18(21)11-14/h1-4,7-8,11,16H,5-6,9-10,12-13H2,(H2,21,22). The highest BCUT2D eigenvalue weighted by molar-refractivity contribution is 5.79. The minimum atomic E-state index is -0.337. The van der Waals surface area contributed by atoms with Crippen LogP contribution in [0.3, 0.4) is 0 Å². The van der Waals surface area contributed by atoms with Crippen LogP contribution < -0.4 is 5.73 Å². The van der Waals surface area contributed by atoms with E-state index in [0.717, 1.165) is 18.4 Å². The topological polar surface area (TPSA) is 68.5 Å². The number of carbonyl (C=O) groups is 1. The number of hydrogen-bond donors (Lipinski definition) is 1. The SMILES string of the molecule is Nc1cc(CCC2CN(C(=O)Cc3ccccc3F)CCO2)ccn1. The average Bonchev–Trinajstić information content (AvgIpc) is 2.62. The van der Waals surface area contributed by atoms with Crippen molar-refractivity contribution in [2.75, 3.05) is 25.4 Å². The van der Waals surface area contributed by atoms with Crippen LogP contribution in [-0.4, -0.2) is 41.6 Å². The van der Waals surface area contributed by atoms with Crippen molar-refractivity contribution in [3.63, 3.8) is 0 Å². The van der Waals surface area contributed by atoms with Gasteiger partial charge in [0.05, 0.1) is 19.1 Å². The van der Waals surface area contributed by atoms with E-state index in [1.807, 2.05) is 12.1 Å². The number of aryl methyl sites for hydroxylation is 1. The lowest BCUT2D eigenvalue weighted by molar-refractivity contribution is -0.138. The fraction of sp³-hybridized carbons (Fsp3) is 0.368. The molecule has 1 unspecified atom stereocenters. The molecule has 132 valence electrons. The summed E-state index contributed by atoms with van der Waals surface area (Å²) in [6.07, 6.45) is 3.36. The number of hydrogen-bond acceptors (Lipinski definition) is 4. The summed E-state index contributed by atoms with van der Waals surface area (Å²) in [6.45, 7) is 1.59. The Hall–Kier alpha value is -2.47. The summed E-state index contributed by atoms with van der Waals surface area (Å²) in [5, 5.41) is 0. The molecule has 2 heterocycles. The van der Waals surface area contributed by atoms with Crippen molar-refractivity contribution >= 4 is 11.7 Å². The number of amides is 1. The molecule has 1 aromatic heterocycles. The summed E-state index contributed by atoms with van der Waals surface area (Å²) < 4.78 is 19.5. The molecule has 5 nitrogen and oxygen atoms in total. The third-order valence-electron chi connectivity index (χ3n) is 4.39. The van der Waals surface area contributed by atoms with Crippen molar-refractivity contribution in [2.45, 2.75) is 25.4 Å². The minimum absolute atomic E-state index is 0.0206. The lowest BCUT2D eigenvalue weighted by Crippen LogP contribution is -2.46. The Labute approximate surface area is 146 Å². The van der Waals surface area contributed by atoms with Gasteiger partial charge >= 0.3 is 0 Å².